The van der Waals surface area contributed by atoms with E-state index in [0.29, 0.717) is 22.3 Å². The number of nitrogen functional groups attached to an aromatic ring is 1. The number of pyridine rings is 1. The molecule has 0 radical (unpaired) electrons. The maximum absolute atomic E-state index is 14.6. The highest BCUT2D eigenvalue weighted by molar-refractivity contribution is 6.04. The topological polar surface area (TPSA) is 125 Å². The normalized spacial score (nSPS) is 13.1. The Morgan fingerprint density at radius 3 is 2.70 bits per heavy atom. The van der Waals surface area contributed by atoms with Crippen molar-refractivity contribution < 1.29 is 4.79 Å². The molecule has 0 bridgehead atoms. The van der Waals surface area contributed by atoms with Gasteiger partial charge in [0.1, 0.15) is 5.56 Å². The maximum Gasteiger partial charge on any atom is 0.264 e. The van der Waals surface area contributed by atoms with Crippen molar-refractivity contribution >= 4 is 28.1 Å². The molecule has 1 unspecified atom stereocenters. The Balaban J connectivity index is 1.44. The standard InChI is InChI=1S/C33H28N8O2/c1-20(37-32(42)28-30(34)38-40-17-7-16-35-31(28)40)29-25-11-6-8-22-14-15-23(13-12-21-18-36-39(2)19-21)27(26(22)25)33(43)41(29)24-9-4-3-5-10-24/h3-5,7,9-10,14-20H,6,8,11H2,1-2H3,(H2,34,38)(H,37,42). The molecule has 4 aromatic heterocycles. The number of carbonyl (C=O) groups excluding carboxylic acids is 1. The van der Waals surface area contributed by atoms with Crippen molar-refractivity contribution in [3.8, 4) is 17.5 Å². The van der Waals surface area contributed by atoms with E-state index in [0.717, 1.165) is 47.0 Å². The van der Waals surface area contributed by atoms with E-state index in [-0.39, 0.29) is 16.9 Å². The minimum Gasteiger partial charge on any atom is -0.381 e. The van der Waals surface area contributed by atoms with Crippen LogP contribution in [-0.4, -0.2) is 34.9 Å². The quantitative estimate of drug-likeness (QED) is 0.312. The van der Waals surface area contributed by atoms with Crippen LogP contribution in [0.25, 0.3) is 22.1 Å². The molecule has 6 aromatic rings. The summed E-state index contributed by atoms with van der Waals surface area (Å²) in [6.45, 7) is 1.89. The molecular weight excluding hydrogens is 540 g/mol. The molecule has 10 heteroatoms. The molecule has 1 atom stereocenters. The van der Waals surface area contributed by atoms with Gasteiger partial charge in [0.25, 0.3) is 11.5 Å². The smallest absolute Gasteiger partial charge is 0.264 e. The van der Waals surface area contributed by atoms with Crippen LogP contribution in [0.3, 0.4) is 0 Å². The first-order chi connectivity index (χ1) is 20.9. The lowest BCUT2D eigenvalue weighted by molar-refractivity contribution is 0.0941. The second-order valence-corrected chi connectivity index (χ2v) is 10.7. The van der Waals surface area contributed by atoms with E-state index in [2.05, 4.69) is 38.4 Å². The van der Waals surface area contributed by atoms with Gasteiger partial charge >= 0.3 is 0 Å². The van der Waals surface area contributed by atoms with Gasteiger partial charge in [0.05, 0.1) is 28.9 Å². The summed E-state index contributed by atoms with van der Waals surface area (Å²) in [6.07, 6.45) is 9.37. The monoisotopic (exact) mass is 568 g/mol. The van der Waals surface area contributed by atoms with E-state index in [1.807, 2.05) is 56.6 Å². The zero-order valence-corrected chi connectivity index (χ0v) is 23.7. The predicted octanol–water partition coefficient (Wildman–Crippen LogP) is 3.73. The molecule has 212 valence electrons. The Bertz CT molecular complexity index is 2180. The number of rotatable bonds is 4. The van der Waals surface area contributed by atoms with Crippen molar-refractivity contribution in [2.75, 3.05) is 5.73 Å². The van der Waals surface area contributed by atoms with Gasteiger partial charge in [0.15, 0.2) is 11.5 Å². The first-order valence-corrected chi connectivity index (χ1v) is 14.1. The second-order valence-electron chi connectivity index (χ2n) is 10.7. The first kappa shape index (κ1) is 26.2. The number of aromatic nitrogens is 6. The van der Waals surface area contributed by atoms with Crippen LogP contribution >= 0.6 is 0 Å². The first-order valence-electron chi connectivity index (χ1n) is 14.1. The molecule has 0 spiro atoms. The molecule has 0 fully saturated rings. The Kier molecular flexibility index (Phi) is 6.28. The van der Waals surface area contributed by atoms with Crippen LogP contribution < -0.4 is 16.6 Å². The number of nitrogens with one attached hydrogen (secondary N) is 1. The van der Waals surface area contributed by atoms with Gasteiger partial charge in [-0.1, -0.05) is 36.1 Å². The molecule has 0 aliphatic heterocycles. The lowest BCUT2D eigenvalue weighted by atomic mass is 9.85. The molecule has 7 rings (SSSR count). The van der Waals surface area contributed by atoms with Crippen molar-refractivity contribution in [2.24, 2.45) is 7.05 Å². The van der Waals surface area contributed by atoms with Crippen LogP contribution in [0.1, 0.15) is 57.7 Å². The molecule has 1 aliphatic rings. The zero-order valence-electron chi connectivity index (χ0n) is 23.7. The number of carbonyl (C=O) groups is 1. The molecular formula is C33H28N8O2. The molecule has 1 aliphatic carbocycles. The summed E-state index contributed by atoms with van der Waals surface area (Å²) >= 11 is 0. The highest BCUT2D eigenvalue weighted by atomic mass is 16.2. The number of hydrogen-bond donors (Lipinski definition) is 2. The second kappa shape index (κ2) is 10.3. The number of nitrogens with two attached hydrogens (primary N) is 1. The SMILES string of the molecule is CC(NC(=O)c1c(N)nn2cccnc12)c1c2c3c(ccc(C#Cc4cnn(C)c4)c3c(=O)n1-c1ccccc1)CCC2. The molecule has 0 saturated heterocycles. The number of benzene rings is 2. The highest BCUT2D eigenvalue weighted by Crippen LogP contribution is 2.35. The fraction of sp³-hybridized carbons (Fsp3) is 0.182. The van der Waals surface area contributed by atoms with Gasteiger partial charge < -0.3 is 11.1 Å². The Morgan fingerprint density at radius 1 is 1.07 bits per heavy atom. The molecule has 0 saturated carbocycles. The van der Waals surface area contributed by atoms with Crippen molar-refractivity contribution in [3.05, 3.63) is 117 Å². The third-order valence-corrected chi connectivity index (χ3v) is 7.90. The van der Waals surface area contributed by atoms with E-state index in [1.165, 1.54) is 4.52 Å². The molecule has 43 heavy (non-hydrogen) atoms. The summed E-state index contributed by atoms with van der Waals surface area (Å²) in [5.74, 6) is 6.09. The minimum atomic E-state index is -0.547. The van der Waals surface area contributed by atoms with Gasteiger partial charge in [0.2, 0.25) is 0 Å². The Labute approximate surface area is 246 Å². The molecule has 2 aromatic carbocycles. The van der Waals surface area contributed by atoms with Crippen LogP contribution in [0.2, 0.25) is 0 Å². The van der Waals surface area contributed by atoms with E-state index in [4.69, 9.17) is 5.73 Å². The number of anilines is 1. The minimum absolute atomic E-state index is 0.0859. The maximum atomic E-state index is 14.6. The summed E-state index contributed by atoms with van der Waals surface area (Å²) in [5, 5.41) is 13.1. The van der Waals surface area contributed by atoms with Crippen molar-refractivity contribution in [2.45, 2.75) is 32.2 Å². The van der Waals surface area contributed by atoms with Crippen LogP contribution in [0.5, 0.6) is 0 Å². The van der Waals surface area contributed by atoms with Crippen LogP contribution in [0.4, 0.5) is 5.82 Å². The summed E-state index contributed by atoms with van der Waals surface area (Å²) in [6, 6.07) is 14.7. The largest absolute Gasteiger partial charge is 0.381 e. The average molecular weight is 569 g/mol. The van der Waals surface area contributed by atoms with Gasteiger partial charge in [-0.05, 0) is 67.0 Å². The number of amides is 1. The molecule has 10 nitrogen and oxygen atoms in total. The average Bonchev–Trinajstić information content (AvgIpc) is 3.59. The lowest BCUT2D eigenvalue weighted by Crippen LogP contribution is -2.34. The predicted molar refractivity (Wildman–Crippen MR) is 164 cm³/mol. The van der Waals surface area contributed by atoms with Crippen LogP contribution in [0, 0.1) is 11.8 Å². The van der Waals surface area contributed by atoms with Crippen molar-refractivity contribution in [1.82, 2.24) is 34.3 Å². The van der Waals surface area contributed by atoms with Gasteiger partial charge in [0, 0.05) is 36.9 Å². The summed E-state index contributed by atoms with van der Waals surface area (Å²) < 4.78 is 4.91. The van der Waals surface area contributed by atoms with E-state index in [1.54, 1.807) is 33.9 Å². The zero-order chi connectivity index (χ0) is 29.7. The number of aryl methyl sites for hydroxylation is 3. The summed E-state index contributed by atoms with van der Waals surface area (Å²) in [5.41, 5.74) is 11.5. The lowest BCUT2D eigenvalue weighted by Gasteiger charge is -2.28. The van der Waals surface area contributed by atoms with Gasteiger partial charge in [-0.15, -0.1) is 5.10 Å². The summed E-state index contributed by atoms with van der Waals surface area (Å²) in [4.78, 5) is 32.6. The third-order valence-electron chi connectivity index (χ3n) is 7.90. The van der Waals surface area contributed by atoms with Crippen LogP contribution in [-0.2, 0) is 19.9 Å². The van der Waals surface area contributed by atoms with Gasteiger partial charge in [-0.3, -0.25) is 18.8 Å². The number of para-hydroxylation sites is 1. The van der Waals surface area contributed by atoms with Gasteiger partial charge in [-0.2, -0.15) is 5.10 Å². The van der Waals surface area contributed by atoms with Gasteiger partial charge in [-0.25, -0.2) is 9.50 Å². The fourth-order valence-corrected chi connectivity index (χ4v) is 6.09. The highest BCUT2D eigenvalue weighted by Gasteiger charge is 2.29. The Hall–Kier alpha value is -5.69. The number of hydrogen-bond acceptors (Lipinski definition) is 6. The van der Waals surface area contributed by atoms with Crippen molar-refractivity contribution in [3.63, 3.8) is 0 Å². The van der Waals surface area contributed by atoms with Crippen LogP contribution in [0.15, 0.2) is 78.1 Å². The Morgan fingerprint density at radius 2 is 1.91 bits per heavy atom. The van der Waals surface area contributed by atoms with Crippen molar-refractivity contribution in [1.29, 1.82) is 0 Å². The third kappa shape index (κ3) is 4.42. The molecule has 3 N–H and O–H groups in total. The van der Waals surface area contributed by atoms with E-state index in [9.17, 15) is 9.59 Å². The summed E-state index contributed by atoms with van der Waals surface area (Å²) in [7, 11) is 1.84. The van der Waals surface area contributed by atoms with E-state index >= 15 is 0 Å². The van der Waals surface area contributed by atoms with E-state index < -0.39 is 11.9 Å². The number of nitrogens with zero attached hydrogens (tertiary/aromatic N) is 6. The molecule has 1 amide bonds. The molecule has 4 heterocycles. The fourth-order valence-electron chi connectivity index (χ4n) is 6.09. The number of fused-ring (bicyclic) bond motifs is 1.